The van der Waals surface area contributed by atoms with E-state index in [0.717, 1.165) is 17.7 Å². The zero-order valence-electron chi connectivity index (χ0n) is 25.2. The van der Waals surface area contributed by atoms with Crippen LogP contribution in [-0.2, 0) is 48.0 Å². The standard InChI is InChI=1S/C33H41N5O7/c34-32(43)26-8-3-17-35-29(40)15-16-30(41)36-24-12-9-22(10-13-24)33(44)38-27(20-25-7-4-18-45-25)28(39)14-11-21-5-1-2-6-23(21)19-31(42)37-26/h1-2,4-7,15-16,18,22,24,26-27H,3,8-14,17,19-20H2,(H2,34,43)(H,35,40)(H,36,41)(H,37,42)(H,38,44)/b16-15+/t22-,24+,26-,27-/m0/s1. The van der Waals surface area contributed by atoms with Crippen LogP contribution in [0.15, 0.2) is 59.2 Å². The molecular weight excluding hydrogens is 578 g/mol. The molecule has 5 amide bonds. The van der Waals surface area contributed by atoms with Crippen molar-refractivity contribution in [3.05, 3.63) is 71.7 Å². The largest absolute Gasteiger partial charge is 0.469 e. The third kappa shape index (κ3) is 10.4. The lowest BCUT2D eigenvalue weighted by Gasteiger charge is -2.29. The van der Waals surface area contributed by atoms with Crippen LogP contribution in [0.25, 0.3) is 0 Å². The van der Waals surface area contributed by atoms with Crippen LogP contribution in [0, 0.1) is 5.92 Å². The van der Waals surface area contributed by atoms with Crippen molar-refractivity contribution in [3.8, 4) is 0 Å². The number of hydrogen-bond acceptors (Lipinski definition) is 7. The molecule has 45 heavy (non-hydrogen) atoms. The van der Waals surface area contributed by atoms with E-state index in [4.69, 9.17) is 10.2 Å². The van der Waals surface area contributed by atoms with Crippen molar-refractivity contribution in [2.45, 2.75) is 82.3 Å². The van der Waals surface area contributed by atoms with Gasteiger partial charge >= 0.3 is 0 Å². The molecule has 1 saturated carbocycles. The SMILES string of the molecule is NC(=O)[C@@H]1CCCNC(=O)/C=C/C(=O)N[C@H]2CC[C@H](CC2)C(=O)N[C@@H](Cc2ccco2)C(=O)CCc2ccccc2CC(=O)N1. The van der Waals surface area contributed by atoms with Crippen LogP contribution < -0.4 is 27.0 Å². The number of furan rings is 1. The number of benzene rings is 1. The summed E-state index contributed by atoms with van der Waals surface area (Å²) in [7, 11) is 0. The second-order valence-electron chi connectivity index (χ2n) is 11.6. The number of hydrogen-bond donors (Lipinski definition) is 5. The number of primary amides is 1. The molecule has 0 unspecified atom stereocenters. The number of carbonyl (C=O) groups is 6. The van der Waals surface area contributed by atoms with E-state index in [1.807, 2.05) is 12.1 Å². The van der Waals surface area contributed by atoms with Crippen molar-refractivity contribution in [2.24, 2.45) is 11.7 Å². The smallest absolute Gasteiger partial charge is 0.244 e. The van der Waals surface area contributed by atoms with Crippen LogP contribution in [0.4, 0.5) is 0 Å². The topological polar surface area (TPSA) is 190 Å². The van der Waals surface area contributed by atoms with Gasteiger partial charge in [0, 0.05) is 43.5 Å². The van der Waals surface area contributed by atoms with Crippen molar-refractivity contribution in [2.75, 3.05) is 6.54 Å². The number of carbonyl (C=O) groups excluding carboxylic acids is 6. The normalized spacial score (nSPS) is 25.4. The maximum Gasteiger partial charge on any atom is 0.244 e. The number of aryl methyl sites for hydroxylation is 1. The molecule has 12 nitrogen and oxygen atoms in total. The van der Waals surface area contributed by atoms with Crippen LogP contribution in [0.3, 0.4) is 0 Å². The minimum absolute atomic E-state index is 0.0209. The Balaban J connectivity index is 1.51. The Morgan fingerprint density at radius 3 is 2.27 bits per heavy atom. The van der Waals surface area contributed by atoms with E-state index in [2.05, 4.69) is 21.3 Å². The van der Waals surface area contributed by atoms with Gasteiger partial charge in [0.05, 0.1) is 18.7 Å². The number of amides is 5. The molecule has 2 atom stereocenters. The second kappa shape index (κ2) is 16.4. The van der Waals surface area contributed by atoms with E-state index in [9.17, 15) is 28.8 Å². The highest BCUT2D eigenvalue weighted by atomic mass is 16.3. The molecule has 1 fully saturated rings. The summed E-state index contributed by atoms with van der Waals surface area (Å²) >= 11 is 0. The highest BCUT2D eigenvalue weighted by Gasteiger charge is 2.30. The van der Waals surface area contributed by atoms with Crippen LogP contribution in [0.1, 0.15) is 61.8 Å². The predicted molar refractivity (Wildman–Crippen MR) is 164 cm³/mol. The Kier molecular flexibility index (Phi) is 12.1. The summed E-state index contributed by atoms with van der Waals surface area (Å²) in [6, 6.07) is 8.90. The Morgan fingerprint density at radius 1 is 0.822 bits per heavy atom. The average Bonchev–Trinajstić information content (AvgIpc) is 3.53. The molecule has 6 N–H and O–H groups in total. The zero-order valence-corrected chi connectivity index (χ0v) is 25.2. The first kappa shape index (κ1) is 33.2. The Labute approximate surface area is 261 Å². The minimum Gasteiger partial charge on any atom is -0.469 e. The maximum atomic E-state index is 13.5. The second-order valence-corrected chi connectivity index (χ2v) is 11.6. The van der Waals surface area contributed by atoms with E-state index in [-0.39, 0.29) is 55.9 Å². The molecule has 3 heterocycles. The first-order valence-corrected chi connectivity index (χ1v) is 15.4. The molecule has 12 heteroatoms. The van der Waals surface area contributed by atoms with Gasteiger partial charge in [-0.15, -0.1) is 0 Å². The summed E-state index contributed by atoms with van der Waals surface area (Å²) in [4.78, 5) is 76.3. The first-order chi connectivity index (χ1) is 21.7. The van der Waals surface area contributed by atoms with Gasteiger partial charge in [0.15, 0.2) is 5.78 Å². The van der Waals surface area contributed by atoms with Gasteiger partial charge in [-0.25, -0.2) is 0 Å². The molecule has 1 aromatic heterocycles. The van der Waals surface area contributed by atoms with Crippen molar-refractivity contribution in [3.63, 3.8) is 0 Å². The van der Waals surface area contributed by atoms with Gasteiger partial charge in [0.25, 0.3) is 0 Å². The van der Waals surface area contributed by atoms with Gasteiger partial charge in [0.2, 0.25) is 29.5 Å². The van der Waals surface area contributed by atoms with Crippen LogP contribution in [0.5, 0.6) is 0 Å². The summed E-state index contributed by atoms with van der Waals surface area (Å²) in [5.41, 5.74) is 7.04. The van der Waals surface area contributed by atoms with Crippen LogP contribution in [0.2, 0.25) is 0 Å². The highest BCUT2D eigenvalue weighted by Crippen LogP contribution is 2.25. The van der Waals surface area contributed by atoms with Crippen LogP contribution >= 0.6 is 0 Å². The highest BCUT2D eigenvalue weighted by molar-refractivity contribution is 5.97. The van der Waals surface area contributed by atoms with E-state index < -0.39 is 35.7 Å². The predicted octanol–water partition coefficient (Wildman–Crippen LogP) is 1.16. The lowest BCUT2D eigenvalue weighted by Crippen LogP contribution is -2.47. The average molecular weight is 620 g/mol. The molecule has 2 bridgehead atoms. The third-order valence-electron chi connectivity index (χ3n) is 8.28. The minimum atomic E-state index is -0.930. The molecule has 1 aromatic carbocycles. The fourth-order valence-electron chi connectivity index (χ4n) is 5.75. The summed E-state index contributed by atoms with van der Waals surface area (Å²) in [5.74, 6) is -2.07. The van der Waals surface area contributed by atoms with Crippen molar-refractivity contribution in [1.29, 1.82) is 0 Å². The van der Waals surface area contributed by atoms with Gasteiger partial charge in [0.1, 0.15) is 11.8 Å². The maximum absolute atomic E-state index is 13.5. The number of ketones is 1. The fraction of sp³-hybridized carbons (Fsp3) is 0.455. The van der Waals surface area contributed by atoms with Gasteiger partial charge in [-0.2, -0.15) is 0 Å². The van der Waals surface area contributed by atoms with E-state index in [0.29, 0.717) is 49.8 Å². The number of nitrogens with two attached hydrogens (primary N) is 1. The van der Waals surface area contributed by atoms with Crippen molar-refractivity contribution in [1.82, 2.24) is 21.3 Å². The van der Waals surface area contributed by atoms with Crippen molar-refractivity contribution < 1.29 is 33.2 Å². The monoisotopic (exact) mass is 619 g/mol. The van der Waals surface area contributed by atoms with Gasteiger partial charge in [-0.1, -0.05) is 24.3 Å². The molecule has 3 aliphatic rings. The van der Waals surface area contributed by atoms with E-state index in [1.165, 1.54) is 6.26 Å². The van der Waals surface area contributed by atoms with Gasteiger partial charge in [-0.05, 0) is 68.2 Å². The van der Waals surface area contributed by atoms with Gasteiger partial charge < -0.3 is 31.4 Å². The van der Waals surface area contributed by atoms with Crippen molar-refractivity contribution >= 4 is 35.3 Å². The first-order valence-electron chi connectivity index (χ1n) is 15.4. The molecule has 240 valence electrons. The zero-order chi connectivity index (χ0) is 32.2. The lowest BCUT2D eigenvalue weighted by molar-refractivity contribution is -0.131. The Morgan fingerprint density at radius 2 is 1.56 bits per heavy atom. The number of Topliss-reactive ketones (excluding diaryl/α,β-unsaturated/α-hetero) is 1. The quantitative estimate of drug-likeness (QED) is 0.341. The van der Waals surface area contributed by atoms with Crippen LogP contribution in [-0.4, -0.2) is 60.0 Å². The summed E-state index contributed by atoms with van der Waals surface area (Å²) in [6.07, 6.45) is 7.34. The molecule has 0 radical (unpaired) electrons. The molecular formula is C33H41N5O7. The molecule has 5 rings (SSSR count). The van der Waals surface area contributed by atoms with Gasteiger partial charge in [-0.3, -0.25) is 28.8 Å². The van der Waals surface area contributed by atoms with E-state index >= 15 is 0 Å². The molecule has 0 saturated heterocycles. The lowest BCUT2D eigenvalue weighted by atomic mass is 9.85. The summed E-state index contributed by atoms with van der Waals surface area (Å²) in [6.45, 7) is 0.217. The van der Waals surface area contributed by atoms with E-state index in [1.54, 1.807) is 24.3 Å². The summed E-state index contributed by atoms with van der Waals surface area (Å²) < 4.78 is 5.47. The number of nitrogens with one attached hydrogen (secondary N) is 4. The Hall–Kier alpha value is -4.74. The molecule has 1 aliphatic carbocycles. The number of fused-ring (bicyclic) bond motifs is 18. The molecule has 0 spiro atoms. The molecule has 2 aromatic rings. The molecule has 2 aliphatic heterocycles. The fourth-order valence-corrected chi connectivity index (χ4v) is 5.75. The Bertz CT molecular complexity index is 1400. The number of rotatable bonds is 3. The third-order valence-corrected chi connectivity index (χ3v) is 8.28. The summed E-state index contributed by atoms with van der Waals surface area (Å²) in [5, 5.41) is 11.2.